The molecule has 33 heavy (non-hydrogen) atoms. The van der Waals surface area contributed by atoms with Crippen molar-refractivity contribution in [3.05, 3.63) is 88.1 Å². The lowest BCUT2D eigenvalue weighted by Gasteiger charge is -2.19. The number of allylic oxidation sites excluding steroid dienone is 3. The van der Waals surface area contributed by atoms with Crippen molar-refractivity contribution in [2.45, 2.75) is 27.2 Å². The molecule has 0 amide bonds. The van der Waals surface area contributed by atoms with Crippen LogP contribution in [-0.4, -0.2) is 25.3 Å². The Balaban J connectivity index is 1.89. The zero-order chi connectivity index (χ0) is 23.1. The Labute approximate surface area is 192 Å². The molecule has 5 heteroatoms. The van der Waals surface area contributed by atoms with E-state index < -0.39 is 0 Å². The van der Waals surface area contributed by atoms with Crippen molar-refractivity contribution in [2.24, 2.45) is 0 Å². The van der Waals surface area contributed by atoms with Gasteiger partial charge in [0.05, 0.1) is 11.4 Å². The van der Waals surface area contributed by atoms with E-state index in [1.807, 2.05) is 60.9 Å². The number of fused-ring (bicyclic) bond motifs is 2. The fourth-order valence-corrected chi connectivity index (χ4v) is 4.63. The highest BCUT2D eigenvalue weighted by Gasteiger charge is 2.29. The fraction of sp³-hybridized carbons (Fsp3) is 0.143. The lowest BCUT2D eigenvalue weighted by molar-refractivity contribution is 0.103. The van der Waals surface area contributed by atoms with Gasteiger partial charge in [0.2, 0.25) is 5.78 Å². The molecule has 0 atom stereocenters. The molecule has 0 bridgehead atoms. The molecule has 0 aliphatic heterocycles. The SMILES string of the molecule is C=c1/c(=C\C=C/C)c(CC)c(/C=C\C)n1-c1cc2ccnc3c2c(n1)C(=O)c1ncccc1-3. The number of rotatable bonds is 4. The molecule has 4 heterocycles. The molecule has 0 radical (unpaired) electrons. The van der Waals surface area contributed by atoms with Gasteiger partial charge in [-0.3, -0.25) is 19.3 Å². The van der Waals surface area contributed by atoms with Crippen molar-refractivity contribution in [1.82, 2.24) is 19.5 Å². The van der Waals surface area contributed by atoms with Gasteiger partial charge < -0.3 is 0 Å². The molecule has 0 saturated heterocycles. The summed E-state index contributed by atoms with van der Waals surface area (Å²) in [6.07, 6.45) is 14.5. The number of hydrogen-bond acceptors (Lipinski definition) is 4. The van der Waals surface area contributed by atoms with Gasteiger partial charge >= 0.3 is 0 Å². The van der Waals surface area contributed by atoms with Gasteiger partial charge in [-0.2, -0.15) is 0 Å². The summed E-state index contributed by atoms with van der Waals surface area (Å²) in [7, 11) is 0. The van der Waals surface area contributed by atoms with Crippen LogP contribution in [0.25, 0.3) is 46.6 Å². The highest BCUT2D eigenvalue weighted by Crippen LogP contribution is 2.36. The van der Waals surface area contributed by atoms with Gasteiger partial charge in [0.15, 0.2) is 0 Å². The minimum Gasteiger partial charge on any atom is -0.295 e. The number of carbonyl (C=O) groups is 1. The molecule has 162 valence electrons. The number of hydrogen-bond donors (Lipinski definition) is 0. The first kappa shape index (κ1) is 20.8. The third-order valence-electron chi connectivity index (χ3n) is 6.04. The Bertz CT molecular complexity index is 1610. The van der Waals surface area contributed by atoms with E-state index in [-0.39, 0.29) is 5.78 Å². The Morgan fingerprint density at radius 1 is 1.06 bits per heavy atom. The van der Waals surface area contributed by atoms with E-state index in [0.717, 1.165) is 44.7 Å². The molecule has 0 aromatic carbocycles. The molecule has 4 aromatic heterocycles. The maximum Gasteiger partial charge on any atom is 0.231 e. The summed E-state index contributed by atoms with van der Waals surface area (Å²) in [6.45, 7) is 10.5. The maximum atomic E-state index is 13.4. The van der Waals surface area contributed by atoms with Crippen molar-refractivity contribution in [2.75, 3.05) is 0 Å². The smallest absolute Gasteiger partial charge is 0.231 e. The monoisotopic (exact) mass is 432 g/mol. The summed E-state index contributed by atoms with van der Waals surface area (Å²) in [5.41, 5.74) is 4.49. The topological polar surface area (TPSA) is 60.7 Å². The number of pyridine rings is 3. The number of nitrogens with zero attached hydrogens (tertiary/aromatic N) is 4. The second-order valence-electron chi connectivity index (χ2n) is 7.92. The molecular formula is C28H24N4O. The highest BCUT2D eigenvalue weighted by molar-refractivity contribution is 6.23. The molecule has 1 aliphatic rings. The van der Waals surface area contributed by atoms with Crippen LogP contribution in [0.3, 0.4) is 0 Å². The predicted molar refractivity (Wildman–Crippen MR) is 134 cm³/mol. The highest BCUT2D eigenvalue weighted by atomic mass is 16.1. The number of aromatic nitrogens is 4. The van der Waals surface area contributed by atoms with Gasteiger partial charge in [-0.1, -0.05) is 37.8 Å². The van der Waals surface area contributed by atoms with Crippen LogP contribution in [-0.2, 0) is 6.42 Å². The molecule has 5 nitrogen and oxygen atoms in total. The molecule has 0 unspecified atom stereocenters. The van der Waals surface area contributed by atoms with Crippen molar-refractivity contribution >= 4 is 35.3 Å². The van der Waals surface area contributed by atoms with Crippen LogP contribution >= 0.6 is 0 Å². The minimum atomic E-state index is -0.181. The van der Waals surface area contributed by atoms with E-state index in [2.05, 4.69) is 35.6 Å². The van der Waals surface area contributed by atoms with Gasteiger partial charge in [0, 0.05) is 33.9 Å². The van der Waals surface area contributed by atoms with Gasteiger partial charge in [0.1, 0.15) is 17.2 Å². The standard InChI is InChI=1S/C28H24N4O/c1-5-8-11-20-17(4)32(22(10-6-2)19(20)7-3)23-16-18-13-15-30-25-21-12-9-14-29-26(21)28(33)27(31-23)24(18)25/h5-6,8-16H,4,7H2,1-3H3/b8-5-,10-6-,20-11+. The van der Waals surface area contributed by atoms with Crippen LogP contribution in [0.15, 0.2) is 54.9 Å². The molecule has 0 fully saturated rings. The predicted octanol–water partition coefficient (Wildman–Crippen LogP) is 4.39. The fourth-order valence-electron chi connectivity index (χ4n) is 4.63. The Morgan fingerprint density at radius 3 is 2.64 bits per heavy atom. The van der Waals surface area contributed by atoms with Gasteiger partial charge in [-0.05, 0) is 61.6 Å². The largest absolute Gasteiger partial charge is 0.295 e. The van der Waals surface area contributed by atoms with Crippen molar-refractivity contribution in [1.29, 1.82) is 0 Å². The van der Waals surface area contributed by atoms with Crippen LogP contribution in [0.2, 0.25) is 0 Å². The third kappa shape index (κ3) is 3.08. The first-order chi connectivity index (χ1) is 16.1. The summed E-state index contributed by atoms with van der Waals surface area (Å²) in [5, 5.41) is 3.61. The summed E-state index contributed by atoms with van der Waals surface area (Å²) < 4.78 is 2.05. The van der Waals surface area contributed by atoms with E-state index in [9.17, 15) is 4.79 Å². The van der Waals surface area contributed by atoms with Crippen LogP contribution in [0.1, 0.15) is 48.2 Å². The summed E-state index contributed by atoms with van der Waals surface area (Å²) in [4.78, 5) is 27.2. The second kappa shape index (κ2) is 8.10. The van der Waals surface area contributed by atoms with Crippen molar-refractivity contribution in [3.8, 4) is 17.1 Å². The van der Waals surface area contributed by atoms with Crippen LogP contribution in [0, 0.1) is 0 Å². The summed E-state index contributed by atoms with van der Waals surface area (Å²) >= 11 is 0. The lowest BCUT2D eigenvalue weighted by atomic mass is 9.92. The Kier molecular flexibility index (Phi) is 5.09. The van der Waals surface area contributed by atoms with E-state index in [1.165, 1.54) is 5.56 Å². The number of carbonyl (C=O) groups excluding carboxylic acids is 1. The van der Waals surface area contributed by atoms with E-state index in [0.29, 0.717) is 17.2 Å². The first-order valence-corrected chi connectivity index (χ1v) is 11.1. The molecule has 0 N–H and O–H groups in total. The van der Waals surface area contributed by atoms with Gasteiger partial charge in [-0.25, -0.2) is 4.98 Å². The minimum absolute atomic E-state index is 0.181. The molecule has 4 aromatic rings. The van der Waals surface area contributed by atoms with Crippen LogP contribution in [0.4, 0.5) is 0 Å². The number of ketones is 1. The molecule has 1 aliphatic carbocycles. The van der Waals surface area contributed by atoms with Gasteiger partial charge in [0.25, 0.3) is 0 Å². The molecule has 0 spiro atoms. The molecule has 5 rings (SSSR count). The van der Waals surface area contributed by atoms with Crippen molar-refractivity contribution in [3.63, 3.8) is 0 Å². The molecular weight excluding hydrogens is 408 g/mol. The van der Waals surface area contributed by atoms with Crippen molar-refractivity contribution < 1.29 is 4.79 Å². The first-order valence-electron chi connectivity index (χ1n) is 11.1. The van der Waals surface area contributed by atoms with E-state index in [4.69, 9.17) is 4.98 Å². The van der Waals surface area contributed by atoms with Gasteiger partial charge in [-0.15, -0.1) is 0 Å². The zero-order valence-corrected chi connectivity index (χ0v) is 19.0. The summed E-state index contributed by atoms with van der Waals surface area (Å²) in [5.74, 6) is 0.482. The second-order valence-corrected chi connectivity index (χ2v) is 7.92. The summed E-state index contributed by atoms with van der Waals surface area (Å²) in [6, 6.07) is 7.66. The average Bonchev–Trinajstić information content (AvgIpc) is 3.10. The lowest BCUT2D eigenvalue weighted by Crippen LogP contribution is -2.29. The maximum absolute atomic E-state index is 13.4. The average molecular weight is 433 g/mol. The quantitative estimate of drug-likeness (QED) is 0.423. The Hall–Kier alpha value is -4.12. The Morgan fingerprint density at radius 2 is 1.88 bits per heavy atom. The third-order valence-corrected chi connectivity index (χ3v) is 6.04. The zero-order valence-electron chi connectivity index (χ0n) is 19.0. The normalized spacial score (nSPS) is 13.5. The molecule has 0 saturated carbocycles. The van der Waals surface area contributed by atoms with E-state index in [1.54, 1.807) is 12.4 Å². The van der Waals surface area contributed by atoms with E-state index >= 15 is 0 Å². The van der Waals surface area contributed by atoms with Crippen LogP contribution in [0.5, 0.6) is 0 Å². The van der Waals surface area contributed by atoms with Crippen LogP contribution < -0.4 is 10.6 Å².